The van der Waals surface area contributed by atoms with E-state index in [-0.39, 0.29) is 18.4 Å². The number of aliphatic carboxylic acids is 1. The van der Waals surface area contributed by atoms with Gasteiger partial charge in [-0.05, 0) is 61.3 Å². The minimum Gasteiger partial charge on any atom is -0.493 e. The average Bonchev–Trinajstić information content (AvgIpc) is 3.01. The molecule has 41 heavy (non-hydrogen) atoms. The molecular weight excluding hydrogens is 522 g/mol. The Bertz CT molecular complexity index is 1140. The summed E-state index contributed by atoms with van der Waals surface area (Å²) in [5.74, 6) is -0.481. The Labute approximate surface area is 243 Å². The Morgan fingerprint density at radius 1 is 0.951 bits per heavy atom. The van der Waals surface area contributed by atoms with Crippen LogP contribution in [0.2, 0.25) is 0 Å². The number of methoxy groups -OCH3 is 3. The average molecular weight is 568 g/mol. The summed E-state index contributed by atoms with van der Waals surface area (Å²) >= 11 is 0. The second-order valence-corrected chi connectivity index (χ2v) is 11.4. The molecule has 2 aliphatic rings. The fourth-order valence-corrected chi connectivity index (χ4v) is 6.85. The topological polar surface area (TPSA) is 94.5 Å². The van der Waals surface area contributed by atoms with Crippen LogP contribution in [0.15, 0.2) is 42.5 Å². The van der Waals surface area contributed by atoms with E-state index in [1.54, 1.807) is 26.2 Å². The zero-order chi connectivity index (χ0) is 29.4. The third-order valence-corrected chi connectivity index (χ3v) is 9.04. The van der Waals surface area contributed by atoms with E-state index in [0.717, 1.165) is 56.1 Å². The molecular formula is C33H45NO7. The van der Waals surface area contributed by atoms with Crippen molar-refractivity contribution in [3.8, 4) is 17.2 Å². The molecule has 3 atom stereocenters. The van der Waals surface area contributed by atoms with E-state index in [0.29, 0.717) is 36.8 Å². The normalized spacial score (nSPS) is 21.1. The van der Waals surface area contributed by atoms with E-state index in [9.17, 15) is 14.7 Å². The van der Waals surface area contributed by atoms with Crippen LogP contribution in [0.3, 0.4) is 0 Å². The van der Waals surface area contributed by atoms with Gasteiger partial charge in [-0.2, -0.15) is 0 Å². The lowest BCUT2D eigenvalue weighted by Crippen LogP contribution is -2.64. The summed E-state index contributed by atoms with van der Waals surface area (Å²) < 4.78 is 22.9. The van der Waals surface area contributed by atoms with Crippen molar-refractivity contribution in [2.75, 3.05) is 34.5 Å². The second-order valence-electron chi connectivity index (χ2n) is 11.4. The Hall–Kier alpha value is -3.26. The van der Waals surface area contributed by atoms with E-state index in [1.165, 1.54) is 0 Å². The predicted molar refractivity (Wildman–Crippen MR) is 157 cm³/mol. The van der Waals surface area contributed by atoms with Gasteiger partial charge >= 0.3 is 5.97 Å². The molecule has 0 spiro atoms. The zero-order valence-corrected chi connectivity index (χ0v) is 24.9. The molecule has 1 aliphatic heterocycles. The highest BCUT2D eigenvalue weighted by Gasteiger charge is 2.53. The number of nitrogens with zero attached hydrogens (tertiary/aromatic N) is 1. The maximum atomic E-state index is 14.8. The van der Waals surface area contributed by atoms with Crippen molar-refractivity contribution in [2.45, 2.75) is 76.4 Å². The van der Waals surface area contributed by atoms with Crippen LogP contribution in [0.4, 0.5) is 0 Å². The van der Waals surface area contributed by atoms with Crippen LogP contribution < -0.4 is 14.2 Å². The molecule has 0 aromatic heterocycles. The van der Waals surface area contributed by atoms with Gasteiger partial charge in [0.1, 0.15) is 5.54 Å². The lowest BCUT2D eigenvalue weighted by atomic mass is 9.72. The smallest absolute Gasteiger partial charge is 0.330 e. The molecule has 1 aliphatic carbocycles. The monoisotopic (exact) mass is 567 g/mol. The highest BCUT2D eigenvalue weighted by Crippen LogP contribution is 2.46. The predicted octanol–water partition coefficient (Wildman–Crippen LogP) is 6.07. The number of carbonyl (C=O) groups is 2. The van der Waals surface area contributed by atoms with Crippen LogP contribution in [0.25, 0.3) is 0 Å². The number of piperidine rings is 1. The van der Waals surface area contributed by atoms with Gasteiger partial charge in [0.2, 0.25) is 11.7 Å². The molecule has 0 radical (unpaired) electrons. The summed E-state index contributed by atoms with van der Waals surface area (Å²) in [6.45, 7) is 2.94. The number of hydrogen-bond donors (Lipinski definition) is 1. The van der Waals surface area contributed by atoms with E-state index in [2.05, 4.69) is 0 Å². The molecule has 4 rings (SSSR count). The van der Waals surface area contributed by atoms with Crippen molar-refractivity contribution in [1.29, 1.82) is 0 Å². The van der Waals surface area contributed by atoms with Crippen molar-refractivity contribution in [2.24, 2.45) is 11.8 Å². The minimum absolute atomic E-state index is 0.0946. The van der Waals surface area contributed by atoms with Gasteiger partial charge in [-0.1, -0.05) is 56.5 Å². The van der Waals surface area contributed by atoms with Crippen LogP contribution in [0, 0.1) is 11.8 Å². The summed E-state index contributed by atoms with van der Waals surface area (Å²) in [5, 5.41) is 10.8. The molecule has 1 saturated carbocycles. The molecule has 224 valence electrons. The van der Waals surface area contributed by atoms with Crippen LogP contribution in [-0.2, 0) is 20.9 Å². The lowest BCUT2D eigenvalue weighted by molar-refractivity contribution is -0.171. The van der Waals surface area contributed by atoms with Crippen LogP contribution in [0.1, 0.15) is 75.3 Å². The number of rotatable bonds is 12. The number of carboxylic acid groups (broad SMARTS) is 1. The number of hydrogen-bond acceptors (Lipinski definition) is 6. The number of ether oxygens (including phenoxy) is 4. The molecule has 1 heterocycles. The Balaban J connectivity index is 1.70. The highest BCUT2D eigenvalue weighted by atomic mass is 16.5. The lowest BCUT2D eigenvalue weighted by Gasteiger charge is -2.49. The summed E-state index contributed by atoms with van der Waals surface area (Å²) in [6.07, 6.45) is 6.98. The molecule has 2 fully saturated rings. The van der Waals surface area contributed by atoms with Gasteiger partial charge in [0.15, 0.2) is 11.5 Å². The van der Waals surface area contributed by atoms with Crippen molar-refractivity contribution < 1.29 is 33.6 Å². The van der Waals surface area contributed by atoms with Crippen molar-refractivity contribution in [3.63, 3.8) is 0 Å². The SMILES string of the molecule is COc1cc([C@@H](C(=O)N2CCCC[C@@]2(C(=O)O)[C@@H](C)COCc2ccccc2)C2CCCCC2)cc(OC)c1OC. The molecule has 8 nitrogen and oxygen atoms in total. The van der Waals surface area contributed by atoms with E-state index >= 15 is 0 Å². The number of benzene rings is 2. The molecule has 1 amide bonds. The van der Waals surface area contributed by atoms with Crippen LogP contribution >= 0.6 is 0 Å². The van der Waals surface area contributed by atoms with Crippen molar-refractivity contribution in [3.05, 3.63) is 53.6 Å². The highest BCUT2D eigenvalue weighted by molar-refractivity contribution is 5.91. The van der Waals surface area contributed by atoms with E-state index < -0.39 is 23.3 Å². The standard InChI is InChI=1S/C33H45NO7/c1-23(21-41-22-24-13-7-5-8-14-24)33(32(36)37)17-11-12-18-34(33)31(35)29(25-15-9-6-10-16-25)26-19-27(38-2)30(40-4)28(20-26)39-3/h5,7-8,13-14,19-20,23,25,29H,6,9-12,15-18,21-22H2,1-4H3,(H,36,37)/t23-,29-,33-/m0/s1. The van der Waals surface area contributed by atoms with Gasteiger partial charge in [-0.15, -0.1) is 0 Å². The van der Waals surface area contributed by atoms with Gasteiger partial charge in [0.25, 0.3) is 0 Å². The summed E-state index contributed by atoms with van der Waals surface area (Å²) in [7, 11) is 4.69. The molecule has 2 aromatic rings. The van der Waals surface area contributed by atoms with Crippen molar-refractivity contribution in [1.82, 2.24) is 4.90 Å². The zero-order valence-electron chi connectivity index (χ0n) is 24.9. The number of amides is 1. The van der Waals surface area contributed by atoms with Gasteiger partial charge in [0, 0.05) is 12.5 Å². The van der Waals surface area contributed by atoms with Gasteiger partial charge in [-0.3, -0.25) is 4.79 Å². The Morgan fingerprint density at radius 3 is 2.20 bits per heavy atom. The maximum Gasteiger partial charge on any atom is 0.330 e. The molecule has 2 aromatic carbocycles. The maximum absolute atomic E-state index is 14.8. The first-order chi connectivity index (χ1) is 19.9. The summed E-state index contributed by atoms with van der Waals surface area (Å²) in [6, 6.07) is 13.6. The fraction of sp³-hybridized carbons (Fsp3) is 0.576. The Kier molecular flexibility index (Phi) is 10.5. The minimum atomic E-state index is -1.35. The third-order valence-electron chi connectivity index (χ3n) is 9.04. The number of likely N-dealkylation sites (tertiary alicyclic amines) is 1. The first-order valence-corrected chi connectivity index (χ1v) is 14.8. The fourth-order valence-electron chi connectivity index (χ4n) is 6.85. The van der Waals surface area contributed by atoms with Gasteiger partial charge in [0.05, 0.1) is 40.5 Å². The second kappa shape index (κ2) is 14.1. The van der Waals surface area contributed by atoms with Crippen LogP contribution in [-0.4, -0.2) is 61.9 Å². The molecule has 0 unspecified atom stereocenters. The van der Waals surface area contributed by atoms with Crippen molar-refractivity contribution >= 4 is 11.9 Å². The van der Waals surface area contributed by atoms with E-state index in [1.807, 2.05) is 49.4 Å². The van der Waals surface area contributed by atoms with Gasteiger partial charge in [-0.25, -0.2) is 4.79 Å². The molecule has 1 N–H and O–H groups in total. The first-order valence-electron chi connectivity index (χ1n) is 14.8. The van der Waals surface area contributed by atoms with Crippen LogP contribution in [0.5, 0.6) is 17.2 Å². The molecule has 8 heteroatoms. The molecule has 1 saturated heterocycles. The first kappa shape index (κ1) is 30.7. The largest absolute Gasteiger partial charge is 0.493 e. The quantitative estimate of drug-likeness (QED) is 0.333. The summed E-state index contributed by atoms with van der Waals surface area (Å²) in [4.78, 5) is 29.6. The third kappa shape index (κ3) is 6.48. The number of carbonyl (C=O) groups excluding carboxylic acids is 1. The number of carboxylic acids is 1. The van der Waals surface area contributed by atoms with Gasteiger partial charge < -0.3 is 29.0 Å². The van der Waals surface area contributed by atoms with E-state index in [4.69, 9.17) is 18.9 Å². The summed E-state index contributed by atoms with van der Waals surface area (Å²) in [5.41, 5.74) is 0.453. The molecule has 0 bridgehead atoms. The Morgan fingerprint density at radius 2 is 1.61 bits per heavy atom.